The van der Waals surface area contributed by atoms with Crippen molar-refractivity contribution in [2.24, 2.45) is 4.99 Å². The van der Waals surface area contributed by atoms with Gasteiger partial charge in [-0.15, -0.1) is 0 Å². The second kappa shape index (κ2) is 6.29. The van der Waals surface area contributed by atoms with Crippen LogP contribution in [0, 0.1) is 0 Å². The number of aliphatic imine (C=N–C) groups is 1. The molecule has 2 aliphatic rings. The standard InChI is InChI=1S/C12H20N4O4/c1-8(3-15-4-9(17)13-10(18)5-15)16-6-11(19)14-12(7-16)20-2/h8-9,17H,3-7H2,1-2H3,(H,13,18). The van der Waals surface area contributed by atoms with Gasteiger partial charge in [0.1, 0.15) is 6.23 Å². The smallest absolute Gasteiger partial charge is 0.262 e. The van der Waals surface area contributed by atoms with Crippen LogP contribution in [0.5, 0.6) is 0 Å². The number of aliphatic hydroxyl groups is 1. The molecule has 2 heterocycles. The van der Waals surface area contributed by atoms with Crippen molar-refractivity contribution in [2.45, 2.75) is 19.2 Å². The highest BCUT2D eigenvalue weighted by Crippen LogP contribution is 2.09. The molecule has 0 spiro atoms. The van der Waals surface area contributed by atoms with E-state index in [9.17, 15) is 14.7 Å². The van der Waals surface area contributed by atoms with E-state index < -0.39 is 6.23 Å². The monoisotopic (exact) mass is 284 g/mol. The number of piperazine rings is 1. The highest BCUT2D eigenvalue weighted by atomic mass is 16.5. The lowest BCUT2D eigenvalue weighted by atomic mass is 10.2. The van der Waals surface area contributed by atoms with Crippen molar-refractivity contribution in [2.75, 3.05) is 39.8 Å². The summed E-state index contributed by atoms with van der Waals surface area (Å²) in [6.07, 6.45) is -0.831. The van der Waals surface area contributed by atoms with Crippen LogP contribution in [-0.2, 0) is 14.3 Å². The van der Waals surface area contributed by atoms with E-state index in [0.29, 0.717) is 25.5 Å². The molecule has 112 valence electrons. The van der Waals surface area contributed by atoms with Gasteiger partial charge in [-0.05, 0) is 6.92 Å². The number of hydrogen-bond donors (Lipinski definition) is 2. The molecule has 0 radical (unpaired) electrons. The van der Waals surface area contributed by atoms with E-state index in [1.807, 2.05) is 16.7 Å². The normalized spacial score (nSPS) is 26.9. The lowest BCUT2D eigenvalue weighted by molar-refractivity contribution is -0.130. The maximum Gasteiger partial charge on any atom is 0.262 e. The van der Waals surface area contributed by atoms with Crippen LogP contribution in [0.25, 0.3) is 0 Å². The van der Waals surface area contributed by atoms with Crippen molar-refractivity contribution in [3.63, 3.8) is 0 Å². The Bertz CT molecular complexity index is 426. The first kappa shape index (κ1) is 14.9. The number of nitrogens with one attached hydrogen (secondary N) is 1. The van der Waals surface area contributed by atoms with Crippen molar-refractivity contribution in [1.29, 1.82) is 0 Å². The first-order valence-electron chi connectivity index (χ1n) is 6.56. The van der Waals surface area contributed by atoms with Gasteiger partial charge in [0.25, 0.3) is 5.91 Å². The molecule has 0 aromatic rings. The number of nitrogens with zero attached hydrogens (tertiary/aromatic N) is 3. The summed E-state index contributed by atoms with van der Waals surface area (Å²) in [6, 6.07) is 0.0534. The Hall–Kier alpha value is -1.51. The van der Waals surface area contributed by atoms with Gasteiger partial charge in [0, 0.05) is 19.1 Å². The molecule has 1 saturated heterocycles. The number of β-amino-alcohol motifs (C(OH)–C–C–N with tert-alkyl or cyclic N) is 1. The molecule has 2 rings (SSSR count). The van der Waals surface area contributed by atoms with Crippen LogP contribution >= 0.6 is 0 Å². The molecule has 8 nitrogen and oxygen atoms in total. The van der Waals surface area contributed by atoms with Crippen molar-refractivity contribution < 1.29 is 19.4 Å². The average Bonchev–Trinajstić information content (AvgIpc) is 2.36. The van der Waals surface area contributed by atoms with E-state index in [-0.39, 0.29) is 30.9 Å². The Balaban J connectivity index is 1.91. The lowest BCUT2D eigenvalue weighted by Crippen LogP contribution is -2.57. The third-order valence-corrected chi connectivity index (χ3v) is 3.43. The largest absolute Gasteiger partial charge is 0.483 e. The Morgan fingerprint density at radius 3 is 2.85 bits per heavy atom. The third-order valence-electron chi connectivity index (χ3n) is 3.43. The highest BCUT2D eigenvalue weighted by Gasteiger charge is 2.28. The van der Waals surface area contributed by atoms with Crippen LogP contribution in [0.3, 0.4) is 0 Å². The quantitative estimate of drug-likeness (QED) is 0.623. The summed E-state index contributed by atoms with van der Waals surface area (Å²) in [6.45, 7) is 3.94. The molecule has 2 amide bonds. The minimum Gasteiger partial charge on any atom is -0.483 e. The molecule has 0 aromatic heterocycles. The molecule has 1 fully saturated rings. The average molecular weight is 284 g/mol. The summed E-state index contributed by atoms with van der Waals surface area (Å²) in [5, 5.41) is 12.0. The fraction of sp³-hybridized carbons (Fsp3) is 0.750. The topological polar surface area (TPSA) is 94.5 Å². The number of aliphatic hydroxyl groups excluding tert-OH is 1. The molecular weight excluding hydrogens is 264 g/mol. The number of carbonyl (C=O) groups is 2. The van der Waals surface area contributed by atoms with Gasteiger partial charge in [-0.25, -0.2) is 0 Å². The fourth-order valence-corrected chi connectivity index (χ4v) is 2.45. The van der Waals surface area contributed by atoms with Gasteiger partial charge >= 0.3 is 0 Å². The summed E-state index contributed by atoms with van der Waals surface area (Å²) in [5.41, 5.74) is 0. The summed E-state index contributed by atoms with van der Waals surface area (Å²) < 4.78 is 5.04. The van der Waals surface area contributed by atoms with Gasteiger partial charge in [0.05, 0.1) is 26.7 Å². The Kier molecular flexibility index (Phi) is 4.69. The third kappa shape index (κ3) is 3.75. The van der Waals surface area contributed by atoms with E-state index in [1.54, 1.807) is 0 Å². The SMILES string of the molecule is COC1=NC(=O)CN(C(C)CN2CC(=O)NC(O)C2)C1. The number of rotatable bonds is 3. The van der Waals surface area contributed by atoms with Crippen LogP contribution in [0.2, 0.25) is 0 Å². The number of amides is 2. The molecular formula is C12H20N4O4. The summed E-state index contributed by atoms with van der Waals surface area (Å²) >= 11 is 0. The lowest BCUT2D eigenvalue weighted by Gasteiger charge is -2.36. The molecule has 20 heavy (non-hydrogen) atoms. The number of methoxy groups -OCH3 is 1. The van der Waals surface area contributed by atoms with Gasteiger partial charge in [-0.2, -0.15) is 4.99 Å². The molecule has 2 atom stereocenters. The van der Waals surface area contributed by atoms with Crippen molar-refractivity contribution in [3.05, 3.63) is 0 Å². The molecule has 0 saturated carbocycles. The van der Waals surface area contributed by atoms with Gasteiger partial charge < -0.3 is 15.2 Å². The van der Waals surface area contributed by atoms with E-state index in [4.69, 9.17) is 4.74 Å². The Labute approximate surface area is 117 Å². The van der Waals surface area contributed by atoms with Gasteiger partial charge in [-0.3, -0.25) is 19.4 Å². The second-order valence-corrected chi connectivity index (χ2v) is 5.13. The van der Waals surface area contributed by atoms with E-state index >= 15 is 0 Å². The predicted octanol–water partition coefficient (Wildman–Crippen LogP) is -1.99. The number of ether oxygens (including phenoxy) is 1. The minimum atomic E-state index is -0.831. The summed E-state index contributed by atoms with van der Waals surface area (Å²) in [4.78, 5) is 30.5. The van der Waals surface area contributed by atoms with Crippen LogP contribution < -0.4 is 5.32 Å². The Morgan fingerprint density at radius 2 is 2.20 bits per heavy atom. The molecule has 0 bridgehead atoms. The van der Waals surface area contributed by atoms with E-state index in [2.05, 4.69) is 10.3 Å². The van der Waals surface area contributed by atoms with Crippen LogP contribution in [0.1, 0.15) is 6.92 Å². The van der Waals surface area contributed by atoms with Crippen LogP contribution in [0.15, 0.2) is 4.99 Å². The maximum absolute atomic E-state index is 11.5. The number of hydrogen-bond acceptors (Lipinski definition) is 6. The first-order valence-corrected chi connectivity index (χ1v) is 6.56. The second-order valence-electron chi connectivity index (χ2n) is 5.13. The molecule has 0 aromatic carbocycles. The molecule has 2 aliphatic heterocycles. The maximum atomic E-state index is 11.5. The summed E-state index contributed by atoms with van der Waals surface area (Å²) in [5.74, 6) is -0.00860. The van der Waals surface area contributed by atoms with Gasteiger partial charge in [0.2, 0.25) is 11.8 Å². The van der Waals surface area contributed by atoms with Crippen molar-refractivity contribution in [1.82, 2.24) is 15.1 Å². The zero-order chi connectivity index (χ0) is 14.7. The molecule has 0 aliphatic carbocycles. The molecule has 2 N–H and O–H groups in total. The van der Waals surface area contributed by atoms with Crippen LogP contribution in [-0.4, -0.2) is 84.7 Å². The van der Waals surface area contributed by atoms with Crippen LogP contribution in [0.4, 0.5) is 0 Å². The van der Waals surface area contributed by atoms with Gasteiger partial charge in [0.15, 0.2) is 0 Å². The highest BCUT2D eigenvalue weighted by molar-refractivity contribution is 5.95. The number of carbonyl (C=O) groups excluding carboxylic acids is 2. The first-order chi connectivity index (χ1) is 9.47. The summed E-state index contributed by atoms with van der Waals surface area (Å²) in [7, 11) is 1.49. The Morgan fingerprint density at radius 1 is 1.45 bits per heavy atom. The van der Waals surface area contributed by atoms with Crippen molar-refractivity contribution in [3.8, 4) is 0 Å². The minimum absolute atomic E-state index is 0.0534. The zero-order valence-corrected chi connectivity index (χ0v) is 11.7. The fourth-order valence-electron chi connectivity index (χ4n) is 2.45. The molecule has 2 unspecified atom stereocenters. The van der Waals surface area contributed by atoms with E-state index in [1.165, 1.54) is 7.11 Å². The van der Waals surface area contributed by atoms with Crippen molar-refractivity contribution >= 4 is 17.7 Å². The van der Waals surface area contributed by atoms with Gasteiger partial charge in [-0.1, -0.05) is 0 Å². The molecule has 8 heteroatoms. The zero-order valence-electron chi connectivity index (χ0n) is 11.7. The predicted molar refractivity (Wildman–Crippen MR) is 71.1 cm³/mol. The van der Waals surface area contributed by atoms with E-state index in [0.717, 1.165) is 0 Å².